The lowest BCUT2D eigenvalue weighted by Gasteiger charge is -2.10. The summed E-state index contributed by atoms with van der Waals surface area (Å²) in [6.45, 7) is 4.92. The summed E-state index contributed by atoms with van der Waals surface area (Å²) in [5, 5.41) is 0. The molecule has 1 aliphatic heterocycles. The molecule has 1 saturated heterocycles. The van der Waals surface area contributed by atoms with Crippen LogP contribution in [0.2, 0.25) is 6.32 Å². The molecular formula is C6H14BN. The second kappa shape index (κ2) is 3.13. The van der Waals surface area contributed by atoms with E-state index in [2.05, 4.69) is 11.7 Å². The van der Waals surface area contributed by atoms with Crippen LogP contribution in [-0.4, -0.2) is 25.3 Å². The molecular weight excluding hydrogens is 96.9 g/mol. The van der Waals surface area contributed by atoms with E-state index in [0.29, 0.717) is 0 Å². The van der Waals surface area contributed by atoms with Gasteiger partial charge in [0.25, 0.3) is 0 Å². The molecule has 0 radical (unpaired) electrons. The Morgan fingerprint density at radius 3 is 3.00 bits per heavy atom. The predicted molar refractivity (Wildman–Crippen MR) is 38.4 cm³/mol. The van der Waals surface area contributed by atoms with Crippen molar-refractivity contribution in [1.82, 2.24) is 4.81 Å². The summed E-state index contributed by atoms with van der Waals surface area (Å²) in [5.74, 6) is 0. The van der Waals surface area contributed by atoms with Crippen molar-refractivity contribution >= 4 is 7.41 Å². The Labute approximate surface area is 52.3 Å². The van der Waals surface area contributed by atoms with Crippen molar-refractivity contribution in [1.29, 1.82) is 0 Å². The van der Waals surface area contributed by atoms with Gasteiger partial charge in [-0.15, -0.1) is 0 Å². The molecule has 1 heterocycles. The van der Waals surface area contributed by atoms with Gasteiger partial charge in [-0.25, -0.2) is 0 Å². The summed E-state index contributed by atoms with van der Waals surface area (Å²) in [7, 11) is 1.36. The van der Waals surface area contributed by atoms with E-state index in [1.54, 1.807) is 0 Å². The first-order valence-electron chi connectivity index (χ1n) is 3.66. The van der Waals surface area contributed by atoms with Crippen molar-refractivity contribution < 1.29 is 0 Å². The average molecular weight is 111 g/mol. The minimum Gasteiger partial charge on any atom is -0.345 e. The third-order valence-corrected chi connectivity index (χ3v) is 1.74. The standard InChI is InChI=1S/C6H14BN/c1-2-5-8-6-3-4-7-8/h7H,2-6H2,1H3. The van der Waals surface area contributed by atoms with E-state index < -0.39 is 0 Å². The van der Waals surface area contributed by atoms with Gasteiger partial charge in [0, 0.05) is 0 Å². The molecule has 0 aliphatic carbocycles. The zero-order chi connectivity index (χ0) is 5.82. The van der Waals surface area contributed by atoms with E-state index in [0.717, 1.165) is 0 Å². The highest BCUT2D eigenvalue weighted by Crippen LogP contribution is 2.05. The monoisotopic (exact) mass is 111 g/mol. The summed E-state index contributed by atoms with van der Waals surface area (Å²) in [6, 6.07) is 0. The van der Waals surface area contributed by atoms with Crippen molar-refractivity contribution in [2.75, 3.05) is 13.1 Å². The Kier molecular flexibility index (Phi) is 2.41. The van der Waals surface area contributed by atoms with Crippen LogP contribution in [0, 0.1) is 0 Å². The third kappa shape index (κ3) is 1.51. The maximum absolute atomic E-state index is 2.54. The Balaban J connectivity index is 2.06. The molecule has 2 heteroatoms. The number of hydrogen-bond donors (Lipinski definition) is 0. The summed E-state index contributed by atoms with van der Waals surface area (Å²) >= 11 is 0. The lowest BCUT2D eigenvalue weighted by atomic mass is 9.91. The normalized spacial score (nSPS) is 21.1. The molecule has 1 aliphatic rings. The van der Waals surface area contributed by atoms with Crippen LogP contribution >= 0.6 is 0 Å². The molecule has 8 heavy (non-hydrogen) atoms. The molecule has 1 fully saturated rings. The lowest BCUT2D eigenvalue weighted by molar-refractivity contribution is 0.473. The van der Waals surface area contributed by atoms with Crippen molar-refractivity contribution in [3.63, 3.8) is 0 Å². The molecule has 1 nitrogen and oxygen atoms in total. The van der Waals surface area contributed by atoms with E-state index in [1.165, 1.54) is 39.7 Å². The molecule has 0 unspecified atom stereocenters. The minimum atomic E-state index is 1.32. The van der Waals surface area contributed by atoms with Gasteiger partial charge in [-0.3, -0.25) is 0 Å². The molecule has 1 rings (SSSR count). The SMILES string of the molecule is CCCN1BCCC1. The van der Waals surface area contributed by atoms with Gasteiger partial charge < -0.3 is 4.81 Å². The largest absolute Gasteiger partial charge is 0.345 e. The Morgan fingerprint density at radius 1 is 1.62 bits per heavy atom. The zero-order valence-electron chi connectivity index (χ0n) is 5.69. The average Bonchev–Trinajstić information content (AvgIpc) is 2.19. The quantitative estimate of drug-likeness (QED) is 0.478. The van der Waals surface area contributed by atoms with Crippen LogP contribution in [0.4, 0.5) is 0 Å². The molecule has 0 N–H and O–H groups in total. The molecule has 46 valence electrons. The van der Waals surface area contributed by atoms with Crippen LogP contribution in [0.3, 0.4) is 0 Å². The fourth-order valence-corrected chi connectivity index (χ4v) is 1.32. The molecule has 0 saturated carbocycles. The Bertz CT molecular complexity index is 59.5. The van der Waals surface area contributed by atoms with Gasteiger partial charge in [-0.05, 0) is 25.9 Å². The van der Waals surface area contributed by atoms with Crippen LogP contribution in [0.15, 0.2) is 0 Å². The summed E-state index contributed by atoms with van der Waals surface area (Å²) in [6.07, 6.45) is 4.18. The summed E-state index contributed by atoms with van der Waals surface area (Å²) < 4.78 is 0. The number of nitrogens with zero attached hydrogens (tertiary/aromatic N) is 1. The van der Waals surface area contributed by atoms with E-state index >= 15 is 0 Å². The molecule has 0 aromatic rings. The highest BCUT2D eigenvalue weighted by molar-refractivity contribution is 6.32. The second-order valence-corrected chi connectivity index (χ2v) is 2.55. The Morgan fingerprint density at radius 2 is 2.50 bits per heavy atom. The third-order valence-electron chi connectivity index (χ3n) is 1.74. The molecule has 0 atom stereocenters. The molecule has 0 amide bonds. The number of rotatable bonds is 2. The topological polar surface area (TPSA) is 3.24 Å². The molecule has 0 aromatic carbocycles. The number of hydrogen-bond acceptors (Lipinski definition) is 1. The highest BCUT2D eigenvalue weighted by atomic mass is 15.0. The zero-order valence-corrected chi connectivity index (χ0v) is 5.69. The summed E-state index contributed by atoms with van der Waals surface area (Å²) in [5.41, 5.74) is 0. The van der Waals surface area contributed by atoms with Crippen molar-refractivity contribution in [3.8, 4) is 0 Å². The first kappa shape index (κ1) is 6.15. The van der Waals surface area contributed by atoms with Gasteiger partial charge in [0.2, 0.25) is 7.41 Å². The summed E-state index contributed by atoms with van der Waals surface area (Å²) in [4.78, 5) is 2.54. The fraction of sp³-hybridized carbons (Fsp3) is 1.00. The second-order valence-electron chi connectivity index (χ2n) is 2.55. The molecule has 0 bridgehead atoms. The van der Waals surface area contributed by atoms with Gasteiger partial charge in [0.05, 0.1) is 0 Å². The van der Waals surface area contributed by atoms with E-state index in [1.807, 2.05) is 0 Å². The smallest absolute Gasteiger partial charge is 0.204 e. The van der Waals surface area contributed by atoms with Gasteiger partial charge >= 0.3 is 0 Å². The fourth-order valence-electron chi connectivity index (χ4n) is 1.32. The maximum atomic E-state index is 2.54. The highest BCUT2D eigenvalue weighted by Gasteiger charge is 2.10. The van der Waals surface area contributed by atoms with E-state index in [9.17, 15) is 0 Å². The maximum Gasteiger partial charge on any atom is 0.204 e. The minimum absolute atomic E-state index is 1.32. The Hall–Kier alpha value is 0.0249. The lowest BCUT2D eigenvalue weighted by Crippen LogP contribution is -2.22. The van der Waals surface area contributed by atoms with Gasteiger partial charge in [-0.1, -0.05) is 13.2 Å². The van der Waals surface area contributed by atoms with Crippen LogP contribution in [0.1, 0.15) is 19.8 Å². The van der Waals surface area contributed by atoms with Crippen LogP contribution in [-0.2, 0) is 0 Å². The van der Waals surface area contributed by atoms with Gasteiger partial charge in [-0.2, -0.15) is 0 Å². The van der Waals surface area contributed by atoms with E-state index in [-0.39, 0.29) is 0 Å². The first-order valence-corrected chi connectivity index (χ1v) is 3.66. The van der Waals surface area contributed by atoms with Crippen LogP contribution in [0.25, 0.3) is 0 Å². The van der Waals surface area contributed by atoms with Crippen molar-refractivity contribution in [2.45, 2.75) is 26.1 Å². The van der Waals surface area contributed by atoms with Gasteiger partial charge in [0.15, 0.2) is 0 Å². The van der Waals surface area contributed by atoms with E-state index in [4.69, 9.17) is 0 Å². The van der Waals surface area contributed by atoms with Crippen LogP contribution in [0.5, 0.6) is 0 Å². The molecule has 0 aromatic heterocycles. The van der Waals surface area contributed by atoms with Crippen molar-refractivity contribution in [3.05, 3.63) is 0 Å². The van der Waals surface area contributed by atoms with Crippen LogP contribution < -0.4 is 0 Å². The van der Waals surface area contributed by atoms with Crippen molar-refractivity contribution in [2.24, 2.45) is 0 Å². The van der Waals surface area contributed by atoms with Gasteiger partial charge in [0.1, 0.15) is 0 Å². The first-order chi connectivity index (χ1) is 3.93. The predicted octanol–water partition coefficient (Wildman–Crippen LogP) is 0.872. The molecule has 0 spiro atoms.